The van der Waals surface area contributed by atoms with Gasteiger partial charge in [-0.15, -0.1) is 0 Å². The van der Waals surface area contributed by atoms with Gasteiger partial charge in [-0.05, 0) is 18.2 Å². The lowest BCUT2D eigenvalue weighted by Gasteiger charge is -2.18. The second-order valence-corrected chi connectivity index (χ2v) is 5.30. The summed E-state index contributed by atoms with van der Waals surface area (Å²) < 4.78 is 12.1. The number of nitrogens with two attached hydrogens (primary N) is 1. The van der Waals surface area contributed by atoms with E-state index in [9.17, 15) is 0 Å². The first-order valence-electron chi connectivity index (χ1n) is 6.37. The molecule has 0 aliphatic heterocycles. The minimum absolute atomic E-state index is 0.495. The lowest BCUT2D eigenvalue weighted by Crippen LogP contribution is -2.20. The third-order valence-electron chi connectivity index (χ3n) is 3.16. The van der Waals surface area contributed by atoms with Gasteiger partial charge < -0.3 is 15.2 Å². The van der Waals surface area contributed by atoms with E-state index >= 15 is 0 Å². The molecule has 0 fully saturated rings. The smallest absolute Gasteiger partial charge is 0.124 e. The number of nitrogens with zero attached hydrogens (tertiary/aromatic N) is 2. The van der Waals surface area contributed by atoms with Crippen molar-refractivity contribution in [3.8, 4) is 5.75 Å². The molecule has 0 aliphatic carbocycles. The van der Waals surface area contributed by atoms with Crippen molar-refractivity contribution in [2.75, 3.05) is 20.8 Å². The standard InChI is InChI=1S/C14H17Cl2N3O2/c1-20-6-5-19-14(11(16)8-18-19)13(17)10-7-9(15)3-4-12(10)21-2/h3-4,7-8,13H,5-6,17H2,1-2H3. The molecule has 0 amide bonds. The Hall–Kier alpha value is -1.27. The minimum atomic E-state index is -0.495. The van der Waals surface area contributed by atoms with E-state index < -0.39 is 6.04 Å². The summed E-state index contributed by atoms with van der Waals surface area (Å²) in [6.45, 7) is 1.08. The molecule has 5 nitrogen and oxygen atoms in total. The van der Waals surface area contributed by atoms with Crippen molar-refractivity contribution in [2.45, 2.75) is 12.6 Å². The second-order valence-electron chi connectivity index (χ2n) is 4.46. The Morgan fingerprint density at radius 2 is 2.10 bits per heavy atom. The first kappa shape index (κ1) is 16.1. The van der Waals surface area contributed by atoms with Crippen LogP contribution in [-0.4, -0.2) is 30.6 Å². The fourth-order valence-corrected chi connectivity index (χ4v) is 2.57. The Morgan fingerprint density at radius 3 is 2.76 bits per heavy atom. The van der Waals surface area contributed by atoms with E-state index in [2.05, 4.69) is 5.10 Å². The third kappa shape index (κ3) is 3.49. The van der Waals surface area contributed by atoms with Gasteiger partial charge in [0.15, 0.2) is 0 Å². The molecule has 2 aromatic rings. The Bertz CT molecular complexity index is 616. The van der Waals surface area contributed by atoms with Crippen LogP contribution < -0.4 is 10.5 Å². The predicted molar refractivity (Wildman–Crippen MR) is 83.1 cm³/mol. The van der Waals surface area contributed by atoms with Crippen molar-refractivity contribution in [2.24, 2.45) is 5.73 Å². The molecule has 21 heavy (non-hydrogen) atoms. The van der Waals surface area contributed by atoms with Gasteiger partial charge in [0.05, 0.1) is 43.2 Å². The molecular formula is C14H17Cl2N3O2. The van der Waals surface area contributed by atoms with Crippen LogP contribution in [0.2, 0.25) is 10.0 Å². The fourth-order valence-electron chi connectivity index (χ4n) is 2.13. The number of aromatic nitrogens is 2. The molecule has 1 unspecified atom stereocenters. The second kappa shape index (κ2) is 7.13. The average molecular weight is 330 g/mol. The van der Waals surface area contributed by atoms with Crippen LogP contribution in [0.5, 0.6) is 5.75 Å². The van der Waals surface area contributed by atoms with Gasteiger partial charge in [0.1, 0.15) is 5.75 Å². The molecule has 1 aromatic heterocycles. The molecule has 2 rings (SSSR count). The van der Waals surface area contributed by atoms with Crippen LogP contribution in [0.15, 0.2) is 24.4 Å². The van der Waals surface area contributed by atoms with Gasteiger partial charge in [0.25, 0.3) is 0 Å². The lowest BCUT2D eigenvalue weighted by molar-refractivity contribution is 0.182. The maximum atomic E-state index is 6.35. The summed E-state index contributed by atoms with van der Waals surface area (Å²) in [4.78, 5) is 0. The van der Waals surface area contributed by atoms with Crippen molar-refractivity contribution < 1.29 is 9.47 Å². The van der Waals surface area contributed by atoms with Gasteiger partial charge in [0.2, 0.25) is 0 Å². The summed E-state index contributed by atoms with van der Waals surface area (Å²) in [5.74, 6) is 0.655. The topological polar surface area (TPSA) is 62.3 Å². The summed E-state index contributed by atoms with van der Waals surface area (Å²) in [6, 6.07) is 4.81. The SMILES string of the molecule is COCCn1ncc(Cl)c1C(N)c1cc(Cl)ccc1OC. The molecule has 0 spiro atoms. The lowest BCUT2D eigenvalue weighted by atomic mass is 10.0. The fraction of sp³-hybridized carbons (Fsp3) is 0.357. The highest BCUT2D eigenvalue weighted by molar-refractivity contribution is 6.31. The number of hydrogen-bond donors (Lipinski definition) is 1. The van der Waals surface area contributed by atoms with Crippen LogP contribution in [-0.2, 0) is 11.3 Å². The van der Waals surface area contributed by atoms with E-state index in [1.165, 1.54) is 0 Å². The maximum Gasteiger partial charge on any atom is 0.124 e. The molecule has 1 aromatic carbocycles. The summed E-state index contributed by atoms with van der Waals surface area (Å²) in [5.41, 5.74) is 7.81. The van der Waals surface area contributed by atoms with Crippen LogP contribution in [0.1, 0.15) is 17.3 Å². The minimum Gasteiger partial charge on any atom is -0.496 e. The molecule has 2 N–H and O–H groups in total. The van der Waals surface area contributed by atoms with Gasteiger partial charge in [-0.3, -0.25) is 4.68 Å². The number of benzene rings is 1. The summed E-state index contributed by atoms with van der Waals surface area (Å²) in [5, 5.41) is 5.31. The largest absolute Gasteiger partial charge is 0.496 e. The van der Waals surface area contributed by atoms with Crippen molar-refractivity contribution >= 4 is 23.2 Å². The number of rotatable bonds is 6. The van der Waals surface area contributed by atoms with E-state index in [0.717, 1.165) is 5.56 Å². The van der Waals surface area contributed by atoms with Crippen molar-refractivity contribution in [3.05, 3.63) is 45.7 Å². The number of methoxy groups -OCH3 is 2. The van der Waals surface area contributed by atoms with Crippen LogP contribution in [0, 0.1) is 0 Å². The molecule has 0 aliphatic rings. The third-order valence-corrected chi connectivity index (χ3v) is 3.69. The highest BCUT2D eigenvalue weighted by Gasteiger charge is 2.22. The van der Waals surface area contributed by atoms with Crippen LogP contribution >= 0.6 is 23.2 Å². The Kier molecular flexibility index (Phi) is 5.47. The van der Waals surface area contributed by atoms with E-state index in [1.54, 1.807) is 43.3 Å². The van der Waals surface area contributed by atoms with Gasteiger partial charge in [0, 0.05) is 17.7 Å². The van der Waals surface area contributed by atoms with Crippen LogP contribution in [0.3, 0.4) is 0 Å². The van der Waals surface area contributed by atoms with Crippen LogP contribution in [0.4, 0.5) is 0 Å². The van der Waals surface area contributed by atoms with Gasteiger partial charge >= 0.3 is 0 Å². The van der Waals surface area contributed by atoms with Crippen molar-refractivity contribution in [1.82, 2.24) is 9.78 Å². The summed E-state index contributed by atoms with van der Waals surface area (Å²) in [6.07, 6.45) is 1.57. The molecule has 114 valence electrons. The molecule has 7 heteroatoms. The quantitative estimate of drug-likeness (QED) is 0.885. The Labute approximate surface area is 133 Å². The van der Waals surface area contributed by atoms with E-state index in [1.807, 2.05) is 0 Å². The monoisotopic (exact) mass is 329 g/mol. The molecule has 0 radical (unpaired) electrons. The zero-order valence-corrected chi connectivity index (χ0v) is 13.4. The van der Waals surface area contributed by atoms with Gasteiger partial charge in [-0.1, -0.05) is 23.2 Å². The van der Waals surface area contributed by atoms with Crippen LogP contribution in [0.25, 0.3) is 0 Å². The highest BCUT2D eigenvalue weighted by atomic mass is 35.5. The average Bonchev–Trinajstić information content (AvgIpc) is 2.85. The zero-order valence-electron chi connectivity index (χ0n) is 11.8. The summed E-state index contributed by atoms with van der Waals surface area (Å²) >= 11 is 12.3. The number of hydrogen-bond acceptors (Lipinski definition) is 4. The Morgan fingerprint density at radius 1 is 1.33 bits per heavy atom. The van der Waals surface area contributed by atoms with Crippen molar-refractivity contribution in [1.29, 1.82) is 0 Å². The normalized spacial score (nSPS) is 12.4. The predicted octanol–water partition coefficient (Wildman–Crippen LogP) is 2.89. The molecule has 0 bridgehead atoms. The highest BCUT2D eigenvalue weighted by Crippen LogP contribution is 2.33. The first-order chi connectivity index (χ1) is 10.1. The van der Waals surface area contributed by atoms with Crippen molar-refractivity contribution in [3.63, 3.8) is 0 Å². The van der Waals surface area contributed by atoms with Gasteiger partial charge in [-0.25, -0.2) is 0 Å². The molecule has 1 atom stereocenters. The molecule has 1 heterocycles. The first-order valence-corrected chi connectivity index (χ1v) is 7.13. The molecule has 0 saturated carbocycles. The number of ether oxygens (including phenoxy) is 2. The maximum absolute atomic E-state index is 6.35. The van der Waals surface area contributed by atoms with E-state index in [4.69, 9.17) is 38.4 Å². The van der Waals surface area contributed by atoms with E-state index in [-0.39, 0.29) is 0 Å². The number of halogens is 2. The van der Waals surface area contributed by atoms with E-state index in [0.29, 0.717) is 34.6 Å². The summed E-state index contributed by atoms with van der Waals surface area (Å²) in [7, 11) is 3.22. The zero-order chi connectivity index (χ0) is 15.4. The molecule has 0 saturated heterocycles. The molecular weight excluding hydrogens is 313 g/mol. The van der Waals surface area contributed by atoms with Gasteiger partial charge in [-0.2, -0.15) is 5.10 Å². The Balaban J connectivity index is 2.42.